The van der Waals surface area contributed by atoms with Crippen LogP contribution in [0, 0.1) is 41.2 Å². The van der Waals surface area contributed by atoms with Crippen molar-refractivity contribution in [3.8, 4) is 0 Å². The van der Waals surface area contributed by atoms with Crippen molar-refractivity contribution in [3.05, 3.63) is 65.2 Å². The predicted molar refractivity (Wildman–Crippen MR) is 396 cm³/mol. The Morgan fingerprint density at radius 2 is 1.36 bits per heavy atom. The van der Waals surface area contributed by atoms with E-state index >= 15 is 0 Å². The van der Waals surface area contributed by atoms with Crippen LogP contribution in [0.1, 0.15) is 170 Å². The number of hydrogen-bond acceptors (Lipinski definition) is 19. The molecular formula is C75H112F2N12O18S. The van der Waals surface area contributed by atoms with Gasteiger partial charge >= 0.3 is 18.1 Å². The first-order valence-electron chi connectivity index (χ1n) is 37.2. The normalized spacial score (nSPS) is 17.7. The van der Waals surface area contributed by atoms with E-state index in [0.29, 0.717) is 67.1 Å². The third-order valence-corrected chi connectivity index (χ3v) is 21.1. The Balaban J connectivity index is 1.12. The summed E-state index contributed by atoms with van der Waals surface area (Å²) in [7, 11) is 5.94. The number of hydrogen-bond donors (Lipinski definition) is 7. The van der Waals surface area contributed by atoms with E-state index in [-0.39, 0.29) is 120 Å². The first kappa shape index (κ1) is 89.8. The van der Waals surface area contributed by atoms with Gasteiger partial charge in [0.2, 0.25) is 53.2 Å². The topological polar surface area (TPSA) is 390 Å². The predicted octanol–water partition coefficient (Wildman–Crippen LogP) is 5.80. The lowest BCUT2D eigenvalue weighted by molar-refractivity contribution is -0.197. The van der Waals surface area contributed by atoms with Gasteiger partial charge in [-0.2, -0.15) is 0 Å². The van der Waals surface area contributed by atoms with Crippen LogP contribution >= 0.6 is 11.8 Å². The van der Waals surface area contributed by atoms with Gasteiger partial charge in [0, 0.05) is 97.8 Å². The van der Waals surface area contributed by atoms with Crippen LogP contribution in [0.2, 0.25) is 0 Å². The van der Waals surface area contributed by atoms with Crippen LogP contribution < -0.4 is 37.6 Å². The van der Waals surface area contributed by atoms with E-state index in [9.17, 15) is 75.9 Å². The van der Waals surface area contributed by atoms with Crippen molar-refractivity contribution in [1.29, 1.82) is 0 Å². The molecule has 0 spiro atoms. The molecule has 2 aromatic rings. The molecule has 0 aliphatic carbocycles. The molecule has 1 unspecified atom stereocenters. The number of benzene rings is 2. The summed E-state index contributed by atoms with van der Waals surface area (Å²) in [5.41, 5.74) is 5.93. The highest BCUT2D eigenvalue weighted by Crippen LogP contribution is 2.31. The van der Waals surface area contributed by atoms with Gasteiger partial charge in [0.25, 0.3) is 11.8 Å². The number of nitrogens with zero attached hydrogens (tertiary/aromatic N) is 5. The molecule has 0 saturated carbocycles. The van der Waals surface area contributed by atoms with Gasteiger partial charge in [-0.15, -0.1) is 16.8 Å². The number of nitrogens with one attached hydrogen (secondary N) is 6. The number of ether oxygens (including phenoxy) is 3. The number of halogens is 2. The van der Waals surface area contributed by atoms with E-state index in [4.69, 9.17) is 24.8 Å². The van der Waals surface area contributed by atoms with Crippen molar-refractivity contribution >= 4 is 101 Å². The summed E-state index contributed by atoms with van der Waals surface area (Å²) in [6.45, 7) is 16.4. The van der Waals surface area contributed by atoms with Crippen molar-refractivity contribution in [2.24, 2.45) is 35.3 Å². The summed E-state index contributed by atoms with van der Waals surface area (Å²) >= 11 is 1.23. The second-order valence-electron chi connectivity index (χ2n) is 28.8. The van der Waals surface area contributed by atoms with Gasteiger partial charge in [-0.25, -0.2) is 23.2 Å². The fourth-order valence-electron chi connectivity index (χ4n) is 13.5. The zero-order valence-electron chi connectivity index (χ0n) is 64.5. The van der Waals surface area contributed by atoms with Gasteiger partial charge in [-0.3, -0.25) is 62.5 Å². The molecule has 0 bridgehead atoms. The van der Waals surface area contributed by atoms with Crippen LogP contribution in [0.5, 0.6) is 0 Å². The number of urea groups is 1. The summed E-state index contributed by atoms with van der Waals surface area (Å²) in [4.78, 5) is 195. The van der Waals surface area contributed by atoms with Crippen molar-refractivity contribution in [2.75, 3.05) is 65.6 Å². The summed E-state index contributed by atoms with van der Waals surface area (Å²) < 4.78 is 46.3. The highest BCUT2D eigenvalue weighted by molar-refractivity contribution is 8.00. The van der Waals surface area contributed by atoms with Gasteiger partial charge in [0.05, 0.1) is 41.9 Å². The van der Waals surface area contributed by atoms with Crippen LogP contribution in [0.25, 0.3) is 0 Å². The quantitative estimate of drug-likeness (QED) is 0.0304. The molecule has 3 fully saturated rings. The number of methoxy groups -OCH3 is 2. The zero-order valence-corrected chi connectivity index (χ0v) is 65.3. The molecule has 3 heterocycles. The number of likely N-dealkylation sites (N-methyl/N-ethyl adjacent to an activating group) is 2. The molecule has 8 N–H and O–H groups in total. The Morgan fingerprint density at radius 1 is 0.704 bits per heavy atom. The number of thioether (sulfide) groups is 1. The molecule has 0 radical (unpaired) electrons. The molecular weight excluding hydrogens is 1430 g/mol. The van der Waals surface area contributed by atoms with Crippen LogP contribution in [-0.2, 0) is 89.6 Å². The van der Waals surface area contributed by atoms with Crippen LogP contribution in [0.15, 0.2) is 42.5 Å². The van der Waals surface area contributed by atoms with Crippen molar-refractivity contribution < 1.29 is 95.0 Å². The number of primary amides is 1. The van der Waals surface area contributed by atoms with Gasteiger partial charge in [0.15, 0.2) is 0 Å². The molecule has 3 saturated heterocycles. The number of imide groups is 2. The molecule has 33 heteroatoms. The van der Waals surface area contributed by atoms with Crippen LogP contribution in [-0.4, -0.2) is 222 Å². The molecule has 3 aliphatic heterocycles. The Bertz CT molecular complexity index is 3430. The number of carbonyl (C=O) groups is 14. The highest BCUT2D eigenvalue weighted by Gasteiger charge is 2.45. The first-order valence-corrected chi connectivity index (χ1v) is 38.3. The third-order valence-electron chi connectivity index (χ3n) is 19.8. The van der Waals surface area contributed by atoms with E-state index in [0.717, 1.165) is 17.0 Å². The van der Waals surface area contributed by atoms with Gasteiger partial charge < -0.3 is 66.5 Å². The second-order valence-corrected chi connectivity index (χ2v) is 30.1. The van der Waals surface area contributed by atoms with E-state index in [1.54, 1.807) is 84.7 Å². The first-order chi connectivity index (χ1) is 51.1. The largest absolute Gasteiger partial charge is 0.445 e. The molecule has 11 atom stereocenters. The number of hydroxylamine groups is 2. The molecule has 5 rings (SSSR count). The standard InChI is InChI=1S/C75H112F2N12O18S/c1-14-46(8)66(55(104-12)40-60(93)87-38-20-25-54(87)67(105-13)47(9)68(96)79-36-34-50-51(76)22-18-23-52(50)77)85(10)73(101)64(44(4)5)84-71(99)65(45(6)7)86(11)75(103)106-42-48-28-30-49(31-29-48)81-69(97)53(24-19-35-80-74(78)102)82-70(98)63(43(2)3)83-57(90)26-16-15-17-37-88-61(94)41-56(72(88)100)108-39-21-27-62(95)107-89-58(91)32-33-59(89)92/h18,22-23,28-31,43-47,53-56,63-67H,14-17,19-21,24-27,32-42H2,1-13H3,(H,79,96)(H,81,97)(H,82,98)(H,83,90)(H,84,99)(H3,78,80,102)/t46-,47+,53-,54-,55+,56?,63-,64-,65-,66-,67+/m0/s1. The fraction of sp³-hybridized carbons (Fsp3) is 0.653. The minimum Gasteiger partial charge on any atom is -0.445 e. The van der Waals surface area contributed by atoms with E-state index in [1.165, 1.54) is 48.9 Å². The number of carbonyl (C=O) groups excluding carboxylic acids is 14. The third kappa shape index (κ3) is 26.2. The molecule has 108 heavy (non-hydrogen) atoms. The maximum Gasteiger partial charge on any atom is 0.410 e. The lowest BCUT2D eigenvalue weighted by atomic mass is 9.89. The minimum absolute atomic E-state index is 0.00745. The molecule has 2 aromatic carbocycles. The average molecular weight is 1540 g/mol. The smallest absolute Gasteiger partial charge is 0.410 e. The molecule has 600 valence electrons. The summed E-state index contributed by atoms with van der Waals surface area (Å²) in [6, 6.07) is 3.46. The molecule has 0 aromatic heterocycles. The van der Waals surface area contributed by atoms with Crippen LogP contribution in [0.4, 0.5) is 24.1 Å². The van der Waals surface area contributed by atoms with Gasteiger partial charge in [-0.05, 0) is 111 Å². The maximum absolute atomic E-state index is 14.8. The average Bonchev–Trinajstić information content (AvgIpc) is 1.36. The Kier molecular flexibility index (Phi) is 36.5. The number of rotatable bonds is 44. The van der Waals surface area contributed by atoms with Crippen molar-refractivity contribution in [1.82, 2.24) is 51.2 Å². The molecule has 14 amide bonds. The summed E-state index contributed by atoms with van der Waals surface area (Å²) in [6.07, 6.45) is 0.801. The van der Waals surface area contributed by atoms with Crippen molar-refractivity contribution in [3.63, 3.8) is 0 Å². The fourth-order valence-corrected chi connectivity index (χ4v) is 14.7. The van der Waals surface area contributed by atoms with E-state index in [2.05, 4.69) is 31.9 Å². The van der Waals surface area contributed by atoms with Crippen LogP contribution in [0.3, 0.4) is 0 Å². The number of unbranched alkanes of at least 4 members (excludes halogenated alkanes) is 2. The van der Waals surface area contributed by atoms with Gasteiger partial charge in [-0.1, -0.05) is 93.4 Å². The Morgan fingerprint density at radius 3 is 1.96 bits per heavy atom. The lowest BCUT2D eigenvalue weighted by Gasteiger charge is -2.41. The monoisotopic (exact) mass is 1540 g/mol. The summed E-state index contributed by atoms with van der Waals surface area (Å²) in [5, 5.41) is 16.3. The highest BCUT2D eigenvalue weighted by atomic mass is 32.2. The number of likely N-dealkylation sites (tertiary alicyclic amines) is 2. The van der Waals surface area contributed by atoms with Crippen molar-refractivity contribution in [2.45, 2.75) is 225 Å². The number of anilines is 1. The molecule has 30 nitrogen and oxygen atoms in total. The zero-order chi connectivity index (χ0) is 80.2. The number of nitrogens with two attached hydrogens (primary N) is 1. The lowest BCUT2D eigenvalue weighted by Crippen LogP contribution is -2.60. The Labute approximate surface area is 635 Å². The maximum atomic E-state index is 14.8. The van der Waals surface area contributed by atoms with Gasteiger partial charge in [0.1, 0.15) is 42.4 Å². The Hall–Kier alpha value is -8.85. The SMILES string of the molecule is CC[C@H](C)[C@@H]([C@@H](CC(=O)N1CCC[C@H]1[C@H](OC)[C@@H](C)C(=O)NCCc1c(F)cccc1F)OC)N(C)C(=O)[C@@H](NC(=O)[C@H](C(C)C)N(C)C(=O)OCc1ccc(NC(=O)[C@H](CCCNC(N)=O)NC(=O)[C@@H](NC(=O)CCCCCN2C(=O)CC(SCCCC(=O)ON3C(=O)CCC3=O)C2=O)C(C)C)cc1)C(C)C. The minimum atomic E-state index is -1.16. The number of amides is 14. The molecule has 3 aliphatic rings. The second kappa shape index (κ2) is 44.0. The van der Waals surface area contributed by atoms with E-state index in [1.807, 2.05) is 13.8 Å². The van der Waals surface area contributed by atoms with E-state index < -0.39 is 154 Å². The summed E-state index contributed by atoms with van der Waals surface area (Å²) in [5.74, 6) is -9.51.